The van der Waals surface area contributed by atoms with E-state index in [0.29, 0.717) is 5.82 Å². The van der Waals surface area contributed by atoms with Crippen molar-refractivity contribution in [2.45, 2.75) is 29.7 Å². The monoisotopic (exact) mass is 323 g/mol. The Morgan fingerprint density at radius 3 is 2.67 bits per heavy atom. The third kappa shape index (κ3) is 3.46. The molecule has 0 aliphatic heterocycles. The zero-order valence-corrected chi connectivity index (χ0v) is 12.6. The molecule has 0 aliphatic rings. The Morgan fingerprint density at radius 1 is 1.22 bits per heavy atom. The Labute approximate surface area is 119 Å². The third-order valence-corrected chi connectivity index (χ3v) is 3.68. The van der Waals surface area contributed by atoms with Crippen molar-refractivity contribution < 1.29 is 0 Å². The standard InChI is InChI=1S/C13H14BrN3S/c1-8(2)13-16-11(15)7-12(17-13)18-10-5-3-4-9(14)6-10/h3-8H,1-2H3,(H2,15,16,17). The molecule has 0 atom stereocenters. The molecule has 0 saturated heterocycles. The summed E-state index contributed by atoms with van der Waals surface area (Å²) in [6.45, 7) is 4.12. The minimum absolute atomic E-state index is 0.273. The molecule has 1 heterocycles. The van der Waals surface area contributed by atoms with Crippen LogP contribution in [-0.2, 0) is 0 Å². The lowest BCUT2D eigenvalue weighted by Gasteiger charge is -2.07. The first kappa shape index (κ1) is 13.4. The quantitative estimate of drug-likeness (QED) is 0.864. The molecule has 0 bridgehead atoms. The number of nitrogens with two attached hydrogens (primary N) is 1. The maximum Gasteiger partial charge on any atom is 0.134 e. The molecule has 0 aliphatic carbocycles. The minimum atomic E-state index is 0.273. The Hall–Kier alpha value is -1.07. The summed E-state index contributed by atoms with van der Waals surface area (Å²) in [5.74, 6) is 1.58. The molecular weight excluding hydrogens is 310 g/mol. The first-order chi connectivity index (χ1) is 8.54. The van der Waals surface area contributed by atoms with E-state index < -0.39 is 0 Å². The largest absolute Gasteiger partial charge is 0.384 e. The number of halogens is 1. The minimum Gasteiger partial charge on any atom is -0.384 e. The molecule has 1 aromatic carbocycles. The van der Waals surface area contributed by atoms with Crippen LogP contribution in [0.3, 0.4) is 0 Å². The van der Waals surface area contributed by atoms with Crippen molar-refractivity contribution in [2.75, 3.05) is 5.73 Å². The number of anilines is 1. The molecule has 0 saturated carbocycles. The lowest BCUT2D eigenvalue weighted by atomic mass is 10.2. The smallest absolute Gasteiger partial charge is 0.134 e. The fraction of sp³-hybridized carbons (Fsp3) is 0.231. The van der Waals surface area contributed by atoms with Gasteiger partial charge in [-0.25, -0.2) is 9.97 Å². The second-order valence-electron chi connectivity index (χ2n) is 4.20. The summed E-state index contributed by atoms with van der Waals surface area (Å²) in [5, 5.41) is 0.879. The average Bonchev–Trinajstić information content (AvgIpc) is 2.28. The molecule has 94 valence electrons. The Kier molecular flexibility index (Phi) is 4.24. The third-order valence-electron chi connectivity index (χ3n) is 2.27. The first-order valence-electron chi connectivity index (χ1n) is 5.62. The van der Waals surface area contributed by atoms with Gasteiger partial charge in [-0.1, -0.05) is 47.6 Å². The lowest BCUT2D eigenvalue weighted by molar-refractivity contribution is 0.756. The summed E-state index contributed by atoms with van der Waals surface area (Å²) >= 11 is 5.04. The molecular formula is C13H14BrN3S. The van der Waals surface area contributed by atoms with Gasteiger partial charge in [-0.15, -0.1) is 0 Å². The van der Waals surface area contributed by atoms with Crippen molar-refractivity contribution in [1.29, 1.82) is 0 Å². The van der Waals surface area contributed by atoms with Crippen molar-refractivity contribution in [3.63, 3.8) is 0 Å². The Balaban J connectivity index is 2.29. The van der Waals surface area contributed by atoms with Crippen molar-refractivity contribution in [3.8, 4) is 0 Å². The van der Waals surface area contributed by atoms with Crippen LogP contribution in [-0.4, -0.2) is 9.97 Å². The maximum absolute atomic E-state index is 5.81. The molecule has 0 fully saturated rings. The van der Waals surface area contributed by atoms with E-state index >= 15 is 0 Å². The van der Waals surface area contributed by atoms with E-state index in [1.807, 2.05) is 18.2 Å². The average molecular weight is 324 g/mol. The van der Waals surface area contributed by atoms with Crippen molar-refractivity contribution in [1.82, 2.24) is 9.97 Å². The van der Waals surface area contributed by atoms with Crippen LogP contribution in [0.4, 0.5) is 5.82 Å². The predicted molar refractivity (Wildman–Crippen MR) is 78.8 cm³/mol. The molecule has 1 aromatic heterocycles. The maximum atomic E-state index is 5.81. The highest BCUT2D eigenvalue weighted by atomic mass is 79.9. The fourth-order valence-corrected chi connectivity index (χ4v) is 2.87. The van der Waals surface area contributed by atoms with Gasteiger partial charge in [0.2, 0.25) is 0 Å². The van der Waals surface area contributed by atoms with Crippen LogP contribution in [0.25, 0.3) is 0 Å². The fourth-order valence-electron chi connectivity index (χ4n) is 1.42. The number of hydrogen-bond acceptors (Lipinski definition) is 4. The molecule has 0 amide bonds. The molecule has 0 spiro atoms. The highest BCUT2D eigenvalue weighted by Crippen LogP contribution is 2.29. The Bertz CT molecular complexity index is 558. The summed E-state index contributed by atoms with van der Waals surface area (Å²) < 4.78 is 1.05. The number of benzene rings is 1. The van der Waals surface area contributed by atoms with Crippen LogP contribution in [0.5, 0.6) is 0 Å². The van der Waals surface area contributed by atoms with Gasteiger partial charge in [-0.3, -0.25) is 0 Å². The van der Waals surface area contributed by atoms with E-state index in [0.717, 1.165) is 20.2 Å². The highest BCUT2D eigenvalue weighted by Gasteiger charge is 2.08. The van der Waals surface area contributed by atoms with Crippen molar-refractivity contribution in [2.24, 2.45) is 0 Å². The van der Waals surface area contributed by atoms with Gasteiger partial charge in [-0.05, 0) is 18.2 Å². The van der Waals surface area contributed by atoms with Crippen molar-refractivity contribution >= 4 is 33.5 Å². The molecule has 2 N–H and O–H groups in total. The SMILES string of the molecule is CC(C)c1nc(N)cc(Sc2cccc(Br)c2)n1. The topological polar surface area (TPSA) is 51.8 Å². The normalized spacial score (nSPS) is 10.9. The molecule has 3 nitrogen and oxygen atoms in total. The van der Waals surface area contributed by atoms with Gasteiger partial charge in [0.25, 0.3) is 0 Å². The highest BCUT2D eigenvalue weighted by molar-refractivity contribution is 9.10. The summed E-state index contributed by atoms with van der Waals surface area (Å²) in [7, 11) is 0. The Morgan fingerprint density at radius 2 is 2.00 bits per heavy atom. The van der Waals surface area contributed by atoms with Crippen LogP contribution in [0.15, 0.2) is 44.7 Å². The molecule has 2 aromatic rings. The van der Waals surface area contributed by atoms with Gasteiger partial charge in [0.15, 0.2) is 0 Å². The van der Waals surface area contributed by atoms with Crippen LogP contribution in [0, 0.1) is 0 Å². The van der Waals surface area contributed by atoms with Crippen LogP contribution in [0.1, 0.15) is 25.6 Å². The molecule has 0 radical (unpaired) electrons. The molecule has 18 heavy (non-hydrogen) atoms. The predicted octanol–water partition coefficient (Wildman–Crippen LogP) is 4.10. The van der Waals surface area contributed by atoms with Gasteiger partial charge in [0.05, 0.1) is 0 Å². The van der Waals surface area contributed by atoms with E-state index in [4.69, 9.17) is 5.73 Å². The number of rotatable bonds is 3. The van der Waals surface area contributed by atoms with E-state index in [-0.39, 0.29) is 5.92 Å². The van der Waals surface area contributed by atoms with Crippen LogP contribution in [0.2, 0.25) is 0 Å². The van der Waals surface area contributed by atoms with Crippen molar-refractivity contribution in [3.05, 3.63) is 40.6 Å². The number of aromatic nitrogens is 2. The summed E-state index contributed by atoms with van der Waals surface area (Å²) in [6, 6.07) is 9.90. The molecule has 0 unspecified atom stereocenters. The van der Waals surface area contributed by atoms with Crippen LogP contribution >= 0.6 is 27.7 Å². The zero-order valence-electron chi connectivity index (χ0n) is 10.2. The first-order valence-corrected chi connectivity index (χ1v) is 7.23. The van der Waals surface area contributed by atoms with Gasteiger partial charge < -0.3 is 5.73 Å². The number of nitrogen functional groups attached to an aromatic ring is 1. The summed E-state index contributed by atoms with van der Waals surface area (Å²) in [5.41, 5.74) is 5.81. The van der Waals surface area contributed by atoms with E-state index in [9.17, 15) is 0 Å². The van der Waals surface area contributed by atoms with E-state index in [1.54, 1.807) is 17.8 Å². The number of nitrogens with zero attached hydrogens (tertiary/aromatic N) is 2. The summed E-state index contributed by atoms with van der Waals surface area (Å²) in [4.78, 5) is 9.87. The van der Waals surface area contributed by atoms with Gasteiger partial charge in [0, 0.05) is 21.4 Å². The molecule has 2 rings (SSSR count). The van der Waals surface area contributed by atoms with Gasteiger partial charge in [-0.2, -0.15) is 0 Å². The second kappa shape index (κ2) is 5.71. The van der Waals surface area contributed by atoms with Gasteiger partial charge >= 0.3 is 0 Å². The molecule has 5 heteroatoms. The van der Waals surface area contributed by atoms with Gasteiger partial charge in [0.1, 0.15) is 16.7 Å². The number of hydrogen-bond donors (Lipinski definition) is 1. The lowest BCUT2D eigenvalue weighted by Crippen LogP contribution is -2.02. The zero-order chi connectivity index (χ0) is 13.1. The van der Waals surface area contributed by atoms with Crippen LogP contribution < -0.4 is 5.73 Å². The second-order valence-corrected chi connectivity index (χ2v) is 6.21. The summed E-state index contributed by atoms with van der Waals surface area (Å²) in [6.07, 6.45) is 0. The van der Waals surface area contributed by atoms with E-state index in [2.05, 4.69) is 45.8 Å². The van der Waals surface area contributed by atoms with E-state index in [1.165, 1.54) is 0 Å².